The highest BCUT2D eigenvalue weighted by molar-refractivity contribution is 6.37. The molecule has 3 aromatic rings. The molecule has 4 rings (SSSR count). The van der Waals surface area contributed by atoms with Crippen molar-refractivity contribution in [3.63, 3.8) is 0 Å². The number of hydrogen-bond acceptors (Lipinski definition) is 5. The van der Waals surface area contributed by atoms with E-state index in [9.17, 15) is 9.59 Å². The summed E-state index contributed by atoms with van der Waals surface area (Å²) in [4.78, 5) is 25.2. The topological polar surface area (TPSA) is 93.4 Å². The van der Waals surface area contributed by atoms with Crippen LogP contribution in [0.2, 0.25) is 0 Å². The van der Waals surface area contributed by atoms with Crippen LogP contribution in [-0.4, -0.2) is 19.0 Å². The van der Waals surface area contributed by atoms with E-state index in [2.05, 4.69) is 50.5 Å². The zero-order chi connectivity index (χ0) is 26.0. The van der Waals surface area contributed by atoms with Crippen LogP contribution in [0.25, 0.3) is 11.3 Å². The second kappa shape index (κ2) is 9.99. The second-order valence-electron chi connectivity index (χ2n) is 9.77. The fourth-order valence-electron chi connectivity index (χ4n) is 4.87. The molecule has 6 nitrogen and oxygen atoms in total. The van der Waals surface area contributed by atoms with E-state index >= 15 is 0 Å². The third kappa shape index (κ3) is 4.52. The summed E-state index contributed by atoms with van der Waals surface area (Å²) < 4.78 is 4.82. The summed E-state index contributed by atoms with van der Waals surface area (Å²) in [5, 5.41) is 6.38. The van der Waals surface area contributed by atoms with E-state index in [0.717, 1.165) is 22.4 Å². The van der Waals surface area contributed by atoms with Crippen molar-refractivity contribution < 1.29 is 14.3 Å². The Kier molecular flexibility index (Phi) is 7.00. The molecule has 3 aromatic carbocycles. The molecule has 36 heavy (non-hydrogen) atoms. The highest BCUT2D eigenvalue weighted by Crippen LogP contribution is 2.39. The Morgan fingerprint density at radius 2 is 1.56 bits per heavy atom. The molecule has 4 N–H and O–H groups in total. The van der Waals surface area contributed by atoms with Gasteiger partial charge in [-0.2, -0.15) is 0 Å². The molecule has 0 aliphatic carbocycles. The number of nitrogens with two attached hydrogens (primary N) is 1. The fourth-order valence-corrected chi connectivity index (χ4v) is 4.87. The molecule has 0 spiro atoms. The third-order valence-corrected chi connectivity index (χ3v) is 7.06. The maximum Gasteiger partial charge on any atom is 0.337 e. The Labute approximate surface area is 212 Å². The van der Waals surface area contributed by atoms with Gasteiger partial charge in [-0.15, -0.1) is 0 Å². The van der Waals surface area contributed by atoms with Crippen molar-refractivity contribution in [3.05, 3.63) is 95.1 Å². The molecule has 6 heteroatoms. The Balaban J connectivity index is 1.78. The van der Waals surface area contributed by atoms with Crippen LogP contribution in [0.4, 0.5) is 11.4 Å². The van der Waals surface area contributed by atoms with Gasteiger partial charge in [-0.1, -0.05) is 76.2 Å². The number of esters is 1. The Hall–Kier alpha value is -3.90. The van der Waals surface area contributed by atoms with Crippen LogP contribution in [0, 0.1) is 11.8 Å². The number of methoxy groups -OCH3 is 1. The molecular weight excluding hydrogens is 450 g/mol. The standard InChI is InChI=1S/C30H33N3O3/c1-18(2)30(31,19(3)4)22-12-14-23(15-13-22)32-27(20-9-7-6-8-10-20)26-24-16-11-21(29(35)36-5)17-25(24)33-28(26)34/h6-19,32H,31H2,1-5H3,(H,33,34)/b27-26-. The molecule has 0 saturated heterocycles. The van der Waals surface area contributed by atoms with Gasteiger partial charge in [0.05, 0.1) is 29.6 Å². The number of hydrogen-bond donors (Lipinski definition) is 3. The third-order valence-electron chi connectivity index (χ3n) is 7.06. The number of nitrogens with one attached hydrogen (secondary N) is 2. The van der Waals surface area contributed by atoms with Gasteiger partial charge in [-0.3, -0.25) is 4.79 Å². The Morgan fingerprint density at radius 3 is 2.14 bits per heavy atom. The number of carbonyl (C=O) groups is 2. The summed E-state index contributed by atoms with van der Waals surface area (Å²) in [6.45, 7) is 8.58. The number of benzene rings is 3. The molecule has 1 heterocycles. The summed E-state index contributed by atoms with van der Waals surface area (Å²) in [6, 6.07) is 22.9. The largest absolute Gasteiger partial charge is 0.465 e. The lowest BCUT2D eigenvalue weighted by Crippen LogP contribution is -2.46. The normalized spacial score (nSPS) is 14.5. The lowest BCUT2D eigenvalue weighted by atomic mass is 9.73. The average Bonchev–Trinajstić information content (AvgIpc) is 3.21. The van der Waals surface area contributed by atoms with E-state index in [1.54, 1.807) is 18.2 Å². The number of carbonyl (C=O) groups excluding carboxylic acids is 2. The first-order chi connectivity index (χ1) is 17.2. The molecule has 0 fully saturated rings. The van der Waals surface area contributed by atoms with Gasteiger partial charge in [-0.25, -0.2) is 4.79 Å². The lowest BCUT2D eigenvalue weighted by Gasteiger charge is -2.38. The number of amides is 1. The zero-order valence-corrected chi connectivity index (χ0v) is 21.4. The Morgan fingerprint density at radius 1 is 0.917 bits per heavy atom. The molecule has 186 valence electrons. The van der Waals surface area contributed by atoms with E-state index < -0.39 is 11.5 Å². The fraction of sp³-hybridized carbons (Fsp3) is 0.267. The number of rotatable bonds is 7. The summed E-state index contributed by atoms with van der Waals surface area (Å²) in [7, 11) is 1.33. The van der Waals surface area contributed by atoms with Crippen molar-refractivity contribution >= 4 is 34.5 Å². The van der Waals surface area contributed by atoms with Crippen molar-refractivity contribution in [1.29, 1.82) is 0 Å². The predicted molar refractivity (Wildman–Crippen MR) is 145 cm³/mol. The number of ether oxygens (including phenoxy) is 1. The summed E-state index contributed by atoms with van der Waals surface area (Å²) in [5.41, 5.74) is 12.0. The smallest absolute Gasteiger partial charge is 0.337 e. The van der Waals surface area contributed by atoms with Crippen molar-refractivity contribution in [2.75, 3.05) is 17.7 Å². The Bertz CT molecular complexity index is 1300. The van der Waals surface area contributed by atoms with Crippen molar-refractivity contribution in [3.8, 4) is 0 Å². The zero-order valence-electron chi connectivity index (χ0n) is 21.4. The van der Waals surface area contributed by atoms with Gasteiger partial charge < -0.3 is 21.1 Å². The first-order valence-electron chi connectivity index (χ1n) is 12.2. The minimum Gasteiger partial charge on any atom is -0.465 e. The first kappa shape index (κ1) is 25.2. The monoisotopic (exact) mass is 483 g/mol. The number of anilines is 2. The lowest BCUT2D eigenvalue weighted by molar-refractivity contribution is -0.110. The maximum atomic E-state index is 13.2. The van der Waals surface area contributed by atoms with Crippen LogP contribution in [-0.2, 0) is 15.1 Å². The van der Waals surface area contributed by atoms with E-state index in [0.29, 0.717) is 22.5 Å². The quantitative estimate of drug-likeness (QED) is 0.289. The first-order valence-corrected chi connectivity index (χ1v) is 12.2. The van der Waals surface area contributed by atoms with E-state index in [1.165, 1.54) is 7.11 Å². The van der Waals surface area contributed by atoms with Gasteiger partial charge in [-0.05, 0) is 47.2 Å². The SMILES string of the molecule is COC(=O)c1ccc2c(c1)NC(=O)/C2=C(\Nc1ccc(C(N)(C(C)C)C(C)C)cc1)c1ccccc1. The average molecular weight is 484 g/mol. The molecule has 0 aromatic heterocycles. The van der Waals surface area contributed by atoms with Gasteiger partial charge in [0, 0.05) is 16.8 Å². The second-order valence-corrected chi connectivity index (χ2v) is 9.77. The molecule has 0 radical (unpaired) electrons. The van der Waals surface area contributed by atoms with Crippen molar-refractivity contribution in [2.24, 2.45) is 17.6 Å². The van der Waals surface area contributed by atoms with Gasteiger partial charge in [0.1, 0.15) is 0 Å². The maximum absolute atomic E-state index is 13.2. The summed E-state index contributed by atoms with van der Waals surface area (Å²) in [6.07, 6.45) is 0. The molecule has 0 atom stereocenters. The van der Waals surface area contributed by atoms with Crippen LogP contribution in [0.5, 0.6) is 0 Å². The molecule has 0 saturated carbocycles. The molecule has 1 aliphatic heterocycles. The van der Waals surface area contributed by atoms with Gasteiger partial charge in [0.15, 0.2) is 0 Å². The molecule has 0 bridgehead atoms. The van der Waals surface area contributed by atoms with E-state index in [1.807, 2.05) is 42.5 Å². The molecular formula is C30H33N3O3. The van der Waals surface area contributed by atoms with Gasteiger partial charge in [0.2, 0.25) is 0 Å². The van der Waals surface area contributed by atoms with Gasteiger partial charge in [0.25, 0.3) is 5.91 Å². The summed E-state index contributed by atoms with van der Waals surface area (Å²) in [5.74, 6) is -0.154. The summed E-state index contributed by atoms with van der Waals surface area (Å²) >= 11 is 0. The van der Waals surface area contributed by atoms with Crippen LogP contribution in [0.15, 0.2) is 72.8 Å². The minimum atomic E-state index is -0.454. The minimum absolute atomic E-state index is 0.240. The van der Waals surface area contributed by atoms with Crippen LogP contribution in [0.3, 0.4) is 0 Å². The highest BCUT2D eigenvalue weighted by atomic mass is 16.5. The molecule has 1 aliphatic rings. The van der Waals surface area contributed by atoms with Crippen LogP contribution < -0.4 is 16.4 Å². The van der Waals surface area contributed by atoms with Crippen molar-refractivity contribution in [2.45, 2.75) is 33.2 Å². The van der Waals surface area contributed by atoms with Crippen LogP contribution >= 0.6 is 0 Å². The van der Waals surface area contributed by atoms with E-state index in [4.69, 9.17) is 10.5 Å². The van der Waals surface area contributed by atoms with Gasteiger partial charge >= 0.3 is 5.97 Å². The number of fused-ring (bicyclic) bond motifs is 1. The predicted octanol–water partition coefficient (Wildman–Crippen LogP) is 5.87. The van der Waals surface area contributed by atoms with Crippen LogP contribution in [0.1, 0.15) is 54.7 Å². The molecule has 1 amide bonds. The van der Waals surface area contributed by atoms with E-state index in [-0.39, 0.29) is 17.7 Å². The van der Waals surface area contributed by atoms with Crippen molar-refractivity contribution in [1.82, 2.24) is 0 Å². The highest BCUT2D eigenvalue weighted by Gasteiger charge is 2.34. The molecule has 0 unspecified atom stereocenters.